The van der Waals surface area contributed by atoms with E-state index >= 15 is 0 Å². The number of benzene rings is 1. The maximum absolute atomic E-state index is 10.7. The Balaban J connectivity index is 2.08. The summed E-state index contributed by atoms with van der Waals surface area (Å²) in [5.41, 5.74) is 6.64. The number of nitrogens with two attached hydrogens (primary N) is 1. The van der Waals surface area contributed by atoms with Crippen LogP contribution in [-0.4, -0.2) is 30.4 Å². The first kappa shape index (κ1) is 13.8. The van der Waals surface area contributed by atoms with Gasteiger partial charge in [-0.25, -0.2) is 0 Å². The van der Waals surface area contributed by atoms with Crippen LogP contribution in [0.25, 0.3) is 0 Å². The molecule has 2 atom stereocenters. The molecule has 0 amide bonds. The largest absolute Gasteiger partial charge is 0.488 e. The van der Waals surface area contributed by atoms with Crippen LogP contribution in [0.4, 0.5) is 0 Å². The fourth-order valence-electron chi connectivity index (χ4n) is 2.18. The fourth-order valence-corrected chi connectivity index (χ4v) is 2.18. The maximum Gasteiger partial charge on any atom is 0.305 e. The van der Waals surface area contributed by atoms with Gasteiger partial charge >= 0.3 is 5.97 Å². The van der Waals surface area contributed by atoms with Crippen molar-refractivity contribution in [2.24, 2.45) is 5.73 Å². The van der Waals surface area contributed by atoms with Gasteiger partial charge in [-0.05, 0) is 18.9 Å². The highest BCUT2D eigenvalue weighted by atomic mass is 16.5. The van der Waals surface area contributed by atoms with E-state index in [1.165, 1.54) is 0 Å². The first-order chi connectivity index (χ1) is 9.16. The van der Waals surface area contributed by atoms with Crippen molar-refractivity contribution in [2.75, 3.05) is 13.2 Å². The molecule has 2 rings (SSSR count). The molecule has 1 saturated heterocycles. The molecular weight excluding hydrogens is 246 g/mol. The molecule has 1 aliphatic heterocycles. The van der Waals surface area contributed by atoms with E-state index in [0.29, 0.717) is 12.4 Å². The van der Waals surface area contributed by atoms with E-state index in [2.05, 4.69) is 0 Å². The van der Waals surface area contributed by atoms with Crippen LogP contribution in [0.15, 0.2) is 24.3 Å². The first-order valence-corrected chi connectivity index (χ1v) is 6.47. The van der Waals surface area contributed by atoms with Gasteiger partial charge in [-0.3, -0.25) is 4.79 Å². The van der Waals surface area contributed by atoms with Gasteiger partial charge in [-0.2, -0.15) is 0 Å². The monoisotopic (exact) mass is 265 g/mol. The number of hydrogen-bond acceptors (Lipinski definition) is 4. The van der Waals surface area contributed by atoms with E-state index in [1.807, 2.05) is 24.3 Å². The number of hydrogen-bond donors (Lipinski definition) is 2. The highest BCUT2D eigenvalue weighted by molar-refractivity contribution is 5.68. The summed E-state index contributed by atoms with van der Waals surface area (Å²) in [5, 5.41) is 8.82. The molecule has 0 saturated carbocycles. The molecule has 5 heteroatoms. The minimum absolute atomic E-state index is 0.0203. The summed E-state index contributed by atoms with van der Waals surface area (Å²) in [5.74, 6) is -0.255. The Morgan fingerprint density at radius 3 is 3.00 bits per heavy atom. The van der Waals surface area contributed by atoms with Crippen molar-refractivity contribution >= 4 is 5.97 Å². The molecular formula is C14H19NO4. The molecule has 1 aromatic carbocycles. The molecule has 0 spiro atoms. The molecule has 19 heavy (non-hydrogen) atoms. The maximum atomic E-state index is 10.7. The van der Waals surface area contributed by atoms with Crippen LogP contribution in [-0.2, 0) is 9.53 Å². The molecule has 0 aromatic heterocycles. The average molecular weight is 265 g/mol. The van der Waals surface area contributed by atoms with Gasteiger partial charge in [0.15, 0.2) is 0 Å². The normalized spacial score (nSPS) is 20.8. The quantitative estimate of drug-likeness (QED) is 0.847. The topological polar surface area (TPSA) is 81.8 Å². The number of carboxylic acids is 1. The van der Waals surface area contributed by atoms with Crippen LogP contribution in [0.3, 0.4) is 0 Å². The van der Waals surface area contributed by atoms with E-state index in [9.17, 15) is 4.79 Å². The molecule has 0 aliphatic carbocycles. The molecule has 104 valence electrons. The Kier molecular flexibility index (Phi) is 4.76. The molecule has 2 unspecified atom stereocenters. The van der Waals surface area contributed by atoms with Crippen LogP contribution < -0.4 is 10.5 Å². The van der Waals surface area contributed by atoms with Crippen molar-refractivity contribution in [1.82, 2.24) is 0 Å². The third kappa shape index (κ3) is 3.94. The van der Waals surface area contributed by atoms with Crippen molar-refractivity contribution in [2.45, 2.75) is 31.4 Å². The zero-order chi connectivity index (χ0) is 13.7. The average Bonchev–Trinajstić information content (AvgIpc) is 2.39. The lowest BCUT2D eigenvalue weighted by Crippen LogP contribution is -2.29. The minimum atomic E-state index is -0.914. The van der Waals surface area contributed by atoms with E-state index < -0.39 is 12.0 Å². The van der Waals surface area contributed by atoms with Gasteiger partial charge in [-0.15, -0.1) is 0 Å². The summed E-state index contributed by atoms with van der Waals surface area (Å²) in [4.78, 5) is 10.7. The van der Waals surface area contributed by atoms with Crippen LogP contribution in [0, 0.1) is 0 Å². The van der Waals surface area contributed by atoms with Crippen LogP contribution >= 0.6 is 0 Å². The Morgan fingerprint density at radius 2 is 2.32 bits per heavy atom. The van der Waals surface area contributed by atoms with Crippen molar-refractivity contribution in [3.63, 3.8) is 0 Å². The Labute approximate surface area is 112 Å². The summed E-state index contributed by atoms with van der Waals surface area (Å²) >= 11 is 0. The molecule has 5 nitrogen and oxygen atoms in total. The lowest BCUT2D eigenvalue weighted by Gasteiger charge is -2.25. The van der Waals surface area contributed by atoms with Gasteiger partial charge < -0.3 is 20.3 Å². The van der Waals surface area contributed by atoms with Crippen molar-refractivity contribution in [3.8, 4) is 5.75 Å². The molecule has 0 bridgehead atoms. The lowest BCUT2D eigenvalue weighted by molar-refractivity contribution is -0.137. The number of aliphatic carboxylic acids is 1. The van der Waals surface area contributed by atoms with Crippen molar-refractivity contribution < 1.29 is 19.4 Å². The molecule has 1 aliphatic rings. The van der Waals surface area contributed by atoms with Gasteiger partial charge in [-0.1, -0.05) is 18.2 Å². The Hall–Kier alpha value is -1.59. The smallest absolute Gasteiger partial charge is 0.305 e. The van der Waals surface area contributed by atoms with Gasteiger partial charge in [0.2, 0.25) is 0 Å². The van der Waals surface area contributed by atoms with Crippen LogP contribution in [0.2, 0.25) is 0 Å². The molecule has 1 heterocycles. The number of ether oxygens (including phenoxy) is 2. The highest BCUT2D eigenvalue weighted by Gasteiger charge is 2.19. The fraction of sp³-hybridized carbons (Fsp3) is 0.500. The summed E-state index contributed by atoms with van der Waals surface area (Å²) in [7, 11) is 0. The number of carbonyl (C=O) groups is 1. The summed E-state index contributed by atoms with van der Waals surface area (Å²) in [6.07, 6.45) is 1.84. The zero-order valence-electron chi connectivity index (χ0n) is 10.7. The number of carboxylic acid groups (broad SMARTS) is 1. The van der Waals surface area contributed by atoms with Gasteiger partial charge in [0.05, 0.1) is 13.0 Å². The summed E-state index contributed by atoms with van der Waals surface area (Å²) in [6.45, 7) is 1.35. The van der Waals surface area contributed by atoms with E-state index in [1.54, 1.807) is 0 Å². The van der Waals surface area contributed by atoms with Crippen molar-refractivity contribution in [1.29, 1.82) is 0 Å². The van der Waals surface area contributed by atoms with Gasteiger partial charge in [0.25, 0.3) is 0 Å². The predicted molar refractivity (Wildman–Crippen MR) is 70.1 cm³/mol. The third-order valence-electron chi connectivity index (χ3n) is 3.13. The predicted octanol–water partition coefficient (Wildman–Crippen LogP) is 1.72. The number of para-hydroxylation sites is 1. The Bertz CT molecular complexity index is 429. The summed E-state index contributed by atoms with van der Waals surface area (Å²) in [6, 6.07) is 6.77. The second-order valence-corrected chi connectivity index (χ2v) is 4.70. The van der Waals surface area contributed by atoms with E-state index in [4.69, 9.17) is 20.3 Å². The van der Waals surface area contributed by atoms with E-state index in [0.717, 1.165) is 25.0 Å². The standard InChI is InChI=1S/C14H19NO4/c15-12(8-14(16)17)11-5-1-2-6-13(11)19-10-4-3-7-18-9-10/h1-2,5-6,10,12H,3-4,7-9,15H2,(H,16,17). The molecule has 1 fully saturated rings. The van der Waals surface area contributed by atoms with Crippen molar-refractivity contribution in [3.05, 3.63) is 29.8 Å². The minimum Gasteiger partial charge on any atom is -0.488 e. The third-order valence-corrected chi connectivity index (χ3v) is 3.13. The molecule has 0 radical (unpaired) electrons. The lowest BCUT2D eigenvalue weighted by atomic mass is 10.0. The second kappa shape index (κ2) is 6.54. The van der Waals surface area contributed by atoms with Crippen LogP contribution in [0.5, 0.6) is 5.75 Å². The number of rotatable bonds is 5. The Morgan fingerprint density at radius 1 is 1.53 bits per heavy atom. The summed E-state index contributed by atoms with van der Waals surface area (Å²) < 4.78 is 11.3. The SMILES string of the molecule is NC(CC(=O)O)c1ccccc1OC1CCCOC1. The molecule has 3 N–H and O–H groups in total. The van der Waals surface area contributed by atoms with Gasteiger partial charge in [0, 0.05) is 18.2 Å². The molecule has 1 aromatic rings. The van der Waals surface area contributed by atoms with Crippen LogP contribution in [0.1, 0.15) is 30.9 Å². The van der Waals surface area contributed by atoms with E-state index in [-0.39, 0.29) is 12.5 Å². The second-order valence-electron chi connectivity index (χ2n) is 4.70. The first-order valence-electron chi connectivity index (χ1n) is 6.47. The highest BCUT2D eigenvalue weighted by Crippen LogP contribution is 2.27. The van der Waals surface area contributed by atoms with Gasteiger partial charge in [0.1, 0.15) is 11.9 Å². The zero-order valence-corrected chi connectivity index (χ0v) is 10.7.